The highest BCUT2D eigenvalue weighted by atomic mass is 16.5. The molecule has 0 radical (unpaired) electrons. The Labute approximate surface area is 197 Å². The third-order valence-corrected chi connectivity index (χ3v) is 6.99. The Morgan fingerprint density at radius 2 is 1.70 bits per heavy atom. The van der Waals surface area contributed by atoms with Crippen LogP contribution in [0.1, 0.15) is 55.7 Å². The molecule has 0 amide bonds. The number of aryl methyl sites for hydroxylation is 2. The zero-order valence-electron chi connectivity index (χ0n) is 20.7. The number of piperazine rings is 1. The number of tetrazole rings is 1. The second-order valence-electron chi connectivity index (χ2n) is 9.60. The molecule has 33 heavy (non-hydrogen) atoms. The number of methoxy groups -OCH3 is 1. The summed E-state index contributed by atoms with van der Waals surface area (Å²) in [5.74, 6) is 1.75. The lowest BCUT2D eigenvalue weighted by molar-refractivity contribution is 0.187. The van der Waals surface area contributed by atoms with Crippen molar-refractivity contribution in [1.29, 1.82) is 0 Å². The number of benzene rings is 2. The van der Waals surface area contributed by atoms with E-state index in [0.29, 0.717) is 0 Å². The predicted octanol–water partition coefficient (Wildman–Crippen LogP) is 4.36. The first-order valence-electron chi connectivity index (χ1n) is 11.8. The molecule has 176 valence electrons. The van der Waals surface area contributed by atoms with Crippen LogP contribution in [0.15, 0.2) is 42.5 Å². The van der Waals surface area contributed by atoms with Crippen LogP contribution in [0.2, 0.25) is 0 Å². The van der Waals surface area contributed by atoms with E-state index in [0.717, 1.165) is 44.2 Å². The van der Waals surface area contributed by atoms with E-state index in [9.17, 15) is 0 Å². The summed E-state index contributed by atoms with van der Waals surface area (Å²) in [7, 11) is 1.70. The van der Waals surface area contributed by atoms with Gasteiger partial charge in [0.05, 0.1) is 18.7 Å². The Kier molecular flexibility index (Phi) is 6.70. The molecule has 4 rings (SSSR count). The van der Waals surface area contributed by atoms with Gasteiger partial charge in [0.2, 0.25) is 0 Å². The molecule has 0 bridgehead atoms. The van der Waals surface area contributed by atoms with Gasteiger partial charge in [-0.2, -0.15) is 0 Å². The van der Waals surface area contributed by atoms with E-state index < -0.39 is 0 Å². The first kappa shape index (κ1) is 23.2. The van der Waals surface area contributed by atoms with Gasteiger partial charge in [-0.05, 0) is 79.4 Å². The fraction of sp³-hybridized carbons (Fsp3) is 0.500. The van der Waals surface area contributed by atoms with Crippen LogP contribution in [0, 0.1) is 13.8 Å². The maximum absolute atomic E-state index is 5.40. The lowest BCUT2D eigenvalue weighted by atomic mass is 9.99. The fourth-order valence-corrected chi connectivity index (χ4v) is 4.54. The molecule has 2 heterocycles. The Morgan fingerprint density at radius 1 is 1.00 bits per heavy atom. The van der Waals surface area contributed by atoms with Crippen molar-refractivity contribution in [3.8, 4) is 5.75 Å². The second kappa shape index (κ2) is 9.51. The van der Waals surface area contributed by atoms with E-state index in [2.05, 4.69) is 90.3 Å². The van der Waals surface area contributed by atoms with Crippen molar-refractivity contribution in [2.75, 3.05) is 38.2 Å². The average molecular weight is 449 g/mol. The second-order valence-corrected chi connectivity index (χ2v) is 9.60. The summed E-state index contributed by atoms with van der Waals surface area (Å²) < 4.78 is 7.41. The van der Waals surface area contributed by atoms with Crippen molar-refractivity contribution in [3.05, 3.63) is 65.0 Å². The number of rotatable bonds is 7. The summed E-state index contributed by atoms with van der Waals surface area (Å²) in [6.07, 6.45) is 0.945. The summed E-state index contributed by atoms with van der Waals surface area (Å²) in [5.41, 5.74) is 4.99. The predicted molar refractivity (Wildman–Crippen MR) is 132 cm³/mol. The molecule has 0 aliphatic carbocycles. The minimum absolute atomic E-state index is 0.0162. The van der Waals surface area contributed by atoms with Gasteiger partial charge in [0, 0.05) is 31.9 Å². The zero-order chi connectivity index (χ0) is 23.6. The molecule has 7 heteroatoms. The number of ether oxygens (including phenoxy) is 1. The molecule has 1 atom stereocenters. The summed E-state index contributed by atoms with van der Waals surface area (Å²) in [6, 6.07) is 15.0. The zero-order valence-corrected chi connectivity index (χ0v) is 20.7. The highest BCUT2D eigenvalue weighted by Gasteiger charge is 2.34. The summed E-state index contributed by atoms with van der Waals surface area (Å²) in [6.45, 7) is 14.7. The molecule has 1 aliphatic rings. The van der Waals surface area contributed by atoms with Crippen molar-refractivity contribution in [1.82, 2.24) is 25.1 Å². The average Bonchev–Trinajstić information content (AvgIpc) is 3.32. The highest BCUT2D eigenvalue weighted by Crippen LogP contribution is 2.33. The molecular weight excluding hydrogens is 412 g/mol. The van der Waals surface area contributed by atoms with Crippen LogP contribution < -0.4 is 9.64 Å². The van der Waals surface area contributed by atoms with E-state index in [-0.39, 0.29) is 11.6 Å². The normalized spacial score (nSPS) is 16.1. The number of hydrogen-bond donors (Lipinski definition) is 0. The third kappa shape index (κ3) is 4.74. The van der Waals surface area contributed by atoms with E-state index in [4.69, 9.17) is 4.74 Å². The van der Waals surface area contributed by atoms with Gasteiger partial charge in [-0.3, -0.25) is 4.90 Å². The van der Waals surface area contributed by atoms with E-state index >= 15 is 0 Å². The summed E-state index contributed by atoms with van der Waals surface area (Å²) in [4.78, 5) is 5.01. The van der Waals surface area contributed by atoms with Crippen molar-refractivity contribution < 1.29 is 4.74 Å². The Bertz CT molecular complexity index is 1070. The van der Waals surface area contributed by atoms with E-state index in [1.54, 1.807) is 7.11 Å². The molecule has 0 unspecified atom stereocenters. The minimum atomic E-state index is -0.163. The van der Waals surface area contributed by atoms with Gasteiger partial charge in [-0.25, -0.2) is 4.68 Å². The molecule has 0 saturated carbocycles. The van der Waals surface area contributed by atoms with Crippen LogP contribution >= 0.6 is 0 Å². The lowest BCUT2D eigenvalue weighted by Gasteiger charge is -2.41. The Hall–Kier alpha value is -2.93. The fourth-order valence-electron chi connectivity index (χ4n) is 4.54. The molecule has 1 aliphatic heterocycles. The molecular formula is C26H36N6O. The van der Waals surface area contributed by atoms with E-state index in [1.165, 1.54) is 22.4 Å². The maximum Gasteiger partial charge on any atom is 0.173 e. The molecule has 3 aromatic rings. The van der Waals surface area contributed by atoms with Crippen molar-refractivity contribution in [2.24, 2.45) is 0 Å². The van der Waals surface area contributed by atoms with Gasteiger partial charge >= 0.3 is 0 Å². The van der Waals surface area contributed by atoms with Gasteiger partial charge in [0.25, 0.3) is 0 Å². The van der Waals surface area contributed by atoms with Crippen molar-refractivity contribution in [2.45, 2.75) is 52.6 Å². The molecule has 0 spiro atoms. The minimum Gasteiger partial charge on any atom is -0.497 e. The summed E-state index contributed by atoms with van der Waals surface area (Å²) in [5, 5.41) is 13.1. The monoisotopic (exact) mass is 448 g/mol. The van der Waals surface area contributed by atoms with Gasteiger partial charge in [-0.1, -0.05) is 31.2 Å². The van der Waals surface area contributed by atoms with Crippen LogP contribution in [-0.2, 0) is 5.54 Å². The molecule has 2 aromatic carbocycles. The van der Waals surface area contributed by atoms with Crippen LogP contribution in [0.25, 0.3) is 0 Å². The number of nitrogens with zero attached hydrogens (tertiary/aromatic N) is 6. The first-order chi connectivity index (χ1) is 15.8. The van der Waals surface area contributed by atoms with Gasteiger partial charge in [-0.15, -0.1) is 5.10 Å². The molecule has 0 N–H and O–H groups in total. The molecule has 1 fully saturated rings. The SMILES string of the molecule is CCC(C)(C)n1nnnc1[C@@H](c1ccc(OC)cc1)N1CCN(c2cc(C)ccc2C)CC1. The maximum atomic E-state index is 5.40. The standard InChI is InChI=1S/C26H36N6O/c1-7-26(4,5)32-25(27-28-29-32)24(21-10-12-22(33-6)13-11-21)31-16-14-30(15-17-31)23-18-19(2)8-9-20(23)3/h8-13,18,24H,7,14-17H2,1-6H3/t24-/m1/s1. The van der Waals surface area contributed by atoms with Crippen LogP contribution in [0.3, 0.4) is 0 Å². The van der Waals surface area contributed by atoms with Crippen LogP contribution in [0.5, 0.6) is 5.75 Å². The van der Waals surface area contributed by atoms with Crippen molar-refractivity contribution >= 4 is 5.69 Å². The number of aromatic nitrogens is 4. The van der Waals surface area contributed by atoms with E-state index in [1.807, 2.05) is 16.8 Å². The topological polar surface area (TPSA) is 59.3 Å². The quantitative estimate of drug-likeness (QED) is 0.535. The van der Waals surface area contributed by atoms with Crippen molar-refractivity contribution in [3.63, 3.8) is 0 Å². The van der Waals surface area contributed by atoms with Gasteiger partial charge < -0.3 is 9.64 Å². The first-order valence-corrected chi connectivity index (χ1v) is 11.8. The van der Waals surface area contributed by atoms with Crippen LogP contribution in [-0.4, -0.2) is 58.4 Å². The Balaban J connectivity index is 1.65. The third-order valence-electron chi connectivity index (χ3n) is 6.99. The smallest absolute Gasteiger partial charge is 0.173 e. The summed E-state index contributed by atoms with van der Waals surface area (Å²) >= 11 is 0. The number of hydrogen-bond acceptors (Lipinski definition) is 6. The largest absolute Gasteiger partial charge is 0.497 e. The lowest BCUT2D eigenvalue weighted by Crippen LogP contribution is -2.49. The highest BCUT2D eigenvalue weighted by molar-refractivity contribution is 5.55. The molecule has 1 saturated heterocycles. The van der Waals surface area contributed by atoms with Gasteiger partial charge in [0.15, 0.2) is 5.82 Å². The number of anilines is 1. The molecule has 7 nitrogen and oxygen atoms in total. The molecule has 1 aromatic heterocycles. The Morgan fingerprint density at radius 3 is 2.33 bits per heavy atom. The van der Waals surface area contributed by atoms with Crippen LogP contribution in [0.4, 0.5) is 5.69 Å². The van der Waals surface area contributed by atoms with Gasteiger partial charge in [0.1, 0.15) is 5.75 Å².